The Morgan fingerprint density at radius 1 is 0.933 bits per heavy atom. The molecule has 30 heavy (non-hydrogen) atoms. The highest BCUT2D eigenvalue weighted by atomic mass is 19.2. The number of halogens is 3. The van der Waals surface area contributed by atoms with Crippen LogP contribution in [0.15, 0.2) is 24.3 Å². The van der Waals surface area contributed by atoms with E-state index in [1.54, 1.807) is 19.1 Å². The second-order valence-electron chi connectivity index (χ2n) is 8.78. The highest BCUT2D eigenvalue weighted by molar-refractivity contribution is 5.79. The Hall–Kier alpha value is -2.30. The Labute approximate surface area is 175 Å². The zero-order valence-electron chi connectivity index (χ0n) is 17.4. The van der Waals surface area contributed by atoms with Gasteiger partial charge in [0.25, 0.3) is 0 Å². The molecule has 1 saturated carbocycles. The van der Waals surface area contributed by atoms with Crippen molar-refractivity contribution in [2.45, 2.75) is 64.7 Å². The average molecular weight is 416 g/mol. The minimum absolute atomic E-state index is 0.00233. The summed E-state index contributed by atoms with van der Waals surface area (Å²) in [5.41, 5.74) is 0.700. The smallest absolute Gasteiger partial charge is 0.314 e. The maximum Gasteiger partial charge on any atom is 0.314 e. The van der Waals surface area contributed by atoms with Crippen LogP contribution >= 0.6 is 0 Å². The molecule has 0 saturated heterocycles. The van der Waals surface area contributed by atoms with Gasteiger partial charge in [0.15, 0.2) is 23.2 Å². The van der Waals surface area contributed by atoms with Gasteiger partial charge in [-0.1, -0.05) is 51.0 Å². The van der Waals surface area contributed by atoms with Crippen molar-refractivity contribution in [3.8, 4) is 16.9 Å². The van der Waals surface area contributed by atoms with Crippen LogP contribution in [-0.2, 0) is 11.2 Å². The van der Waals surface area contributed by atoms with Gasteiger partial charge in [0.2, 0.25) is 0 Å². The van der Waals surface area contributed by atoms with Crippen LogP contribution in [0.2, 0.25) is 0 Å². The minimum atomic E-state index is -1.04. The molecule has 1 unspecified atom stereocenters. The molecule has 160 valence electrons. The molecule has 2 aliphatic rings. The molecule has 0 N–H and O–H groups in total. The van der Waals surface area contributed by atoms with E-state index in [0.717, 1.165) is 32.1 Å². The standard InChI is InChI=1S/C25H27F3O2/c1-3-4-15-5-7-16(8-6-15)18-11-12-19(22(27)21(18)26)20-10-9-17-13-14(2)25(29)30-24(17)23(20)28/h9-12,14-16H,3-8,13H2,1-2H3. The predicted octanol–water partition coefficient (Wildman–Crippen LogP) is 6.94. The van der Waals surface area contributed by atoms with Crippen molar-refractivity contribution in [2.75, 3.05) is 0 Å². The predicted molar refractivity (Wildman–Crippen MR) is 110 cm³/mol. The lowest BCUT2D eigenvalue weighted by atomic mass is 9.77. The number of rotatable bonds is 4. The van der Waals surface area contributed by atoms with Crippen LogP contribution < -0.4 is 4.74 Å². The van der Waals surface area contributed by atoms with Crippen molar-refractivity contribution in [1.29, 1.82) is 0 Å². The van der Waals surface area contributed by atoms with E-state index in [1.807, 2.05) is 0 Å². The fourth-order valence-electron chi connectivity index (χ4n) is 4.95. The van der Waals surface area contributed by atoms with Gasteiger partial charge in [0.05, 0.1) is 5.92 Å². The minimum Gasteiger partial charge on any atom is -0.423 e. The topological polar surface area (TPSA) is 26.3 Å². The van der Waals surface area contributed by atoms with E-state index >= 15 is 8.78 Å². The summed E-state index contributed by atoms with van der Waals surface area (Å²) in [6.07, 6.45) is 6.46. The van der Waals surface area contributed by atoms with Crippen LogP contribution in [0.25, 0.3) is 11.1 Å². The molecular weight excluding hydrogens is 389 g/mol. The van der Waals surface area contributed by atoms with Gasteiger partial charge in [0.1, 0.15) is 0 Å². The number of fused-ring (bicyclic) bond motifs is 1. The molecular formula is C25H27F3O2. The van der Waals surface area contributed by atoms with Crippen molar-refractivity contribution in [3.05, 3.63) is 52.8 Å². The lowest BCUT2D eigenvalue weighted by Crippen LogP contribution is -2.26. The maximum atomic E-state index is 15.1. The number of carbonyl (C=O) groups excluding carboxylic acids is 1. The Morgan fingerprint density at radius 2 is 1.60 bits per heavy atom. The average Bonchev–Trinajstić information content (AvgIpc) is 2.73. The van der Waals surface area contributed by atoms with Gasteiger partial charge in [-0.3, -0.25) is 4.79 Å². The van der Waals surface area contributed by atoms with Crippen LogP contribution in [0.4, 0.5) is 13.2 Å². The van der Waals surface area contributed by atoms with Gasteiger partial charge in [-0.15, -0.1) is 0 Å². The summed E-state index contributed by atoms with van der Waals surface area (Å²) < 4.78 is 50.2. The zero-order valence-corrected chi connectivity index (χ0v) is 17.4. The number of benzene rings is 2. The van der Waals surface area contributed by atoms with E-state index in [4.69, 9.17) is 4.74 Å². The second kappa shape index (κ2) is 8.44. The van der Waals surface area contributed by atoms with E-state index in [0.29, 0.717) is 23.5 Å². The molecule has 1 heterocycles. The van der Waals surface area contributed by atoms with Crippen LogP contribution in [0.3, 0.4) is 0 Å². The fourth-order valence-corrected chi connectivity index (χ4v) is 4.95. The maximum absolute atomic E-state index is 15.1. The Morgan fingerprint density at radius 3 is 2.30 bits per heavy atom. The summed E-state index contributed by atoms with van der Waals surface area (Å²) in [6.45, 7) is 3.88. The van der Waals surface area contributed by atoms with E-state index in [2.05, 4.69) is 6.92 Å². The van der Waals surface area contributed by atoms with E-state index in [1.165, 1.54) is 18.6 Å². The highest BCUT2D eigenvalue weighted by Crippen LogP contribution is 2.42. The molecule has 5 heteroatoms. The van der Waals surface area contributed by atoms with Gasteiger partial charge < -0.3 is 4.74 Å². The first-order chi connectivity index (χ1) is 14.4. The van der Waals surface area contributed by atoms with Crippen LogP contribution in [-0.4, -0.2) is 5.97 Å². The normalized spacial score (nSPS) is 23.8. The van der Waals surface area contributed by atoms with Gasteiger partial charge in [-0.2, -0.15) is 0 Å². The lowest BCUT2D eigenvalue weighted by molar-refractivity contribution is -0.139. The molecule has 1 aliphatic heterocycles. The molecule has 0 radical (unpaired) electrons. The van der Waals surface area contributed by atoms with Crippen molar-refractivity contribution < 1.29 is 22.7 Å². The fraction of sp³-hybridized carbons (Fsp3) is 0.480. The summed E-state index contributed by atoms with van der Waals surface area (Å²) in [5.74, 6) is -3.13. The van der Waals surface area contributed by atoms with Gasteiger partial charge in [-0.25, -0.2) is 13.2 Å². The van der Waals surface area contributed by atoms with Crippen molar-refractivity contribution in [1.82, 2.24) is 0 Å². The molecule has 4 rings (SSSR count). The third kappa shape index (κ3) is 3.75. The number of esters is 1. The first kappa shape index (κ1) is 21.0. The van der Waals surface area contributed by atoms with E-state index in [9.17, 15) is 9.18 Å². The SMILES string of the molecule is CCCC1CCC(c2ccc(-c3ccc4c(c3F)OC(=O)C(C)C4)c(F)c2F)CC1. The summed E-state index contributed by atoms with van der Waals surface area (Å²) in [5, 5.41) is 0. The van der Waals surface area contributed by atoms with Crippen LogP contribution in [0.1, 0.15) is 69.4 Å². The van der Waals surface area contributed by atoms with Gasteiger partial charge in [-0.05, 0) is 55.1 Å². The number of hydrogen-bond acceptors (Lipinski definition) is 2. The molecule has 0 amide bonds. The summed E-state index contributed by atoms with van der Waals surface area (Å²) in [6, 6.07) is 6.10. The molecule has 0 bridgehead atoms. The molecule has 1 atom stereocenters. The quantitative estimate of drug-likeness (QED) is 0.398. The zero-order chi connectivity index (χ0) is 21.4. The monoisotopic (exact) mass is 416 g/mol. The van der Waals surface area contributed by atoms with E-state index < -0.39 is 23.4 Å². The van der Waals surface area contributed by atoms with Crippen LogP contribution in [0, 0.1) is 29.3 Å². The summed E-state index contributed by atoms with van der Waals surface area (Å²) in [7, 11) is 0. The second-order valence-corrected chi connectivity index (χ2v) is 8.78. The Kier molecular flexibility index (Phi) is 5.90. The Bertz CT molecular complexity index is 961. The van der Waals surface area contributed by atoms with Crippen molar-refractivity contribution in [3.63, 3.8) is 0 Å². The number of ether oxygens (including phenoxy) is 1. The molecule has 2 aromatic rings. The first-order valence-corrected chi connectivity index (χ1v) is 10.9. The summed E-state index contributed by atoms with van der Waals surface area (Å²) >= 11 is 0. The first-order valence-electron chi connectivity index (χ1n) is 10.9. The third-order valence-corrected chi connectivity index (χ3v) is 6.70. The highest BCUT2D eigenvalue weighted by Gasteiger charge is 2.30. The molecule has 0 aromatic heterocycles. The summed E-state index contributed by atoms with van der Waals surface area (Å²) in [4.78, 5) is 11.8. The van der Waals surface area contributed by atoms with E-state index in [-0.39, 0.29) is 28.7 Å². The largest absolute Gasteiger partial charge is 0.423 e. The van der Waals surface area contributed by atoms with Gasteiger partial charge in [0, 0.05) is 11.1 Å². The molecule has 1 aliphatic carbocycles. The molecule has 2 nitrogen and oxygen atoms in total. The van der Waals surface area contributed by atoms with Crippen molar-refractivity contribution >= 4 is 5.97 Å². The van der Waals surface area contributed by atoms with Crippen molar-refractivity contribution in [2.24, 2.45) is 11.8 Å². The number of hydrogen-bond donors (Lipinski definition) is 0. The molecule has 1 fully saturated rings. The lowest BCUT2D eigenvalue weighted by Gasteiger charge is -2.29. The number of carbonyl (C=O) groups is 1. The molecule has 2 aromatic carbocycles. The third-order valence-electron chi connectivity index (χ3n) is 6.70. The van der Waals surface area contributed by atoms with Crippen LogP contribution in [0.5, 0.6) is 5.75 Å². The Balaban J connectivity index is 1.63. The molecule has 0 spiro atoms. The van der Waals surface area contributed by atoms with Gasteiger partial charge >= 0.3 is 5.97 Å².